The molecule has 3 aromatic rings. The van der Waals surface area contributed by atoms with Gasteiger partial charge in [0.25, 0.3) is 0 Å². The van der Waals surface area contributed by atoms with Gasteiger partial charge in [-0.25, -0.2) is 0 Å². The zero-order chi connectivity index (χ0) is 22.4. The normalized spacial score (nSPS) is 19.2. The first kappa shape index (κ1) is 21.4. The van der Waals surface area contributed by atoms with Crippen molar-refractivity contribution in [2.24, 2.45) is 5.41 Å². The Bertz CT molecular complexity index is 1160. The number of allylic oxidation sites excluding steroid dienone is 1. The quantitative estimate of drug-likeness (QED) is 0.285. The van der Waals surface area contributed by atoms with E-state index in [0.717, 1.165) is 11.1 Å². The minimum atomic E-state index is -1.55. The van der Waals surface area contributed by atoms with Crippen LogP contribution in [0.1, 0.15) is 40.9 Å². The van der Waals surface area contributed by atoms with Crippen molar-refractivity contribution >= 4 is 17.8 Å². The van der Waals surface area contributed by atoms with Crippen LogP contribution in [0.3, 0.4) is 0 Å². The number of ether oxygens (including phenoxy) is 2. The number of carbonyl (C=O) groups excluding carboxylic acids is 2. The van der Waals surface area contributed by atoms with E-state index >= 15 is 0 Å². The van der Waals surface area contributed by atoms with Gasteiger partial charge in [-0.05, 0) is 42.3 Å². The molecule has 0 radical (unpaired) electrons. The van der Waals surface area contributed by atoms with Crippen LogP contribution in [0.2, 0.25) is 0 Å². The first-order valence-electron chi connectivity index (χ1n) is 10.7. The van der Waals surface area contributed by atoms with Crippen LogP contribution in [0.4, 0.5) is 0 Å². The zero-order valence-corrected chi connectivity index (χ0v) is 17.9. The van der Waals surface area contributed by atoms with Gasteiger partial charge in [0.05, 0.1) is 12.2 Å². The van der Waals surface area contributed by atoms with Gasteiger partial charge >= 0.3 is 5.97 Å². The third-order valence-corrected chi connectivity index (χ3v) is 5.56. The van der Waals surface area contributed by atoms with Crippen molar-refractivity contribution in [2.75, 3.05) is 6.61 Å². The van der Waals surface area contributed by atoms with Crippen LogP contribution in [-0.2, 0) is 9.53 Å². The molecule has 4 heteroatoms. The van der Waals surface area contributed by atoms with Gasteiger partial charge in [-0.2, -0.15) is 0 Å². The molecule has 2 atom stereocenters. The number of fused-ring (bicyclic) bond motifs is 1. The molecule has 1 aliphatic heterocycles. The summed E-state index contributed by atoms with van der Waals surface area (Å²) in [4.78, 5) is 27.3. The highest BCUT2D eigenvalue weighted by molar-refractivity contribution is 6.15. The molecular weight excluding hydrogens is 400 g/mol. The second kappa shape index (κ2) is 9.51. The standard InChI is InChI=1S/C28H24O4/c1-2-31-27(30)28(20-12-11-15-21-13-5-3-6-14-21)25(29)23-18-9-10-19-24(23)32-26(28)22-16-7-4-8-17-22/h3-10,12-19,26H,2,20H2,1H3. The maximum Gasteiger partial charge on any atom is 0.324 e. The summed E-state index contributed by atoms with van der Waals surface area (Å²) in [5.74, 6) is -0.425. The van der Waals surface area contributed by atoms with E-state index in [0.29, 0.717) is 11.3 Å². The predicted octanol–water partition coefficient (Wildman–Crippen LogP) is 5.81. The number of hydrogen-bond donors (Lipinski definition) is 0. The van der Waals surface area contributed by atoms with Gasteiger partial charge in [0.1, 0.15) is 11.9 Å². The lowest BCUT2D eigenvalue weighted by Gasteiger charge is -2.40. The second-order valence-corrected chi connectivity index (χ2v) is 7.56. The van der Waals surface area contributed by atoms with Crippen molar-refractivity contribution in [1.82, 2.24) is 0 Å². The first-order valence-corrected chi connectivity index (χ1v) is 10.7. The van der Waals surface area contributed by atoms with Gasteiger partial charge in [-0.1, -0.05) is 72.8 Å². The fraction of sp³-hybridized carbons (Fsp3) is 0.179. The molecule has 0 saturated carbocycles. The largest absolute Gasteiger partial charge is 0.483 e. The molecule has 0 aliphatic carbocycles. The van der Waals surface area contributed by atoms with Gasteiger partial charge in [0, 0.05) is 6.42 Å². The Morgan fingerprint density at radius 2 is 1.66 bits per heavy atom. The van der Waals surface area contributed by atoms with Crippen molar-refractivity contribution in [3.8, 4) is 5.75 Å². The minimum Gasteiger partial charge on any atom is -0.483 e. The second-order valence-electron chi connectivity index (χ2n) is 7.56. The van der Waals surface area contributed by atoms with Crippen molar-refractivity contribution in [2.45, 2.75) is 19.4 Å². The molecule has 0 aromatic heterocycles. The lowest BCUT2D eigenvalue weighted by molar-refractivity contribution is -0.158. The number of rotatable bonds is 6. The van der Waals surface area contributed by atoms with Crippen molar-refractivity contribution < 1.29 is 19.1 Å². The molecule has 1 heterocycles. The third-order valence-electron chi connectivity index (χ3n) is 5.56. The Morgan fingerprint density at radius 3 is 2.38 bits per heavy atom. The number of carbonyl (C=O) groups is 2. The number of esters is 1. The summed E-state index contributed by atoms with van der Waals surface area (Å²) < 4.78 is 11.7. The number of hydrogen-bond acceptors (Lipinski definition) is 4. The SMILES string of the molecule is CCOC(=O)C1(CC=C=Cc2ccccc2)C(=O)c2ccccc2OC1c1ccccc1. The molecule has 0 bridgehead atoms. The molecule has 0 N–H and O–H groups in total. The van der Waals surface area contributed by atoms with Crippen LogP contribution in [0, 0.1) is 5.41 Å². The van der Waals surface area contributed by atoms with E-state index in [9.17, 15) is 9.59 Å². The summed E-state index contributed by atoms with van der Waals surface area (Å²) in [7, 11) is 0. The average molecular weight is 424 g/mol. The fourth-order valence-corrected chi connectivity index (χ4v) is 3.99. The fourth-order valence-electron chi connectivity index (χ4n) is 3.99. The van der Waals surface area contributed by atoms with E-state index in [2.05, 4.69) is 5.73 Å². The summed E-state index contributed by atoms with van der Waals surface area (Å²) in [6.45, 7) is 1.90. The smallest absolute Gasteiger partial charge is 0.324 e. The Labute approximate surface area is 187 Å². The van der Waals surface area contributed by atoms with E-state index in [1.807, 2.05) is 72.8 Å². The van der Waals surface area contributed by atoms with Crippen LogP contribution in [0.25, 0.3) is 6.08 Å². The molecule has 0 fully saturated rings. The molecular formula is C28H24O4. The van der Waals surface area contributed by atoms with Gasteiger partial charge < -0.3 is 9.47 Å². The van der Waals surface area contributed by atoms with Crippen molar-refractivity contribution in [1.29, 1.82) is 0 Å². The van der Waals surface area contributed by atoms with Gasteiger partial charge in [-0.3, -0.25) is 9.59 Å². The molecule has 0 saturated heterocycles. The summed E-state index contributed by atoms with van der Waals surface area (Å²) in [6.07, 6.45) is 2.81. The summed E-state index contributed by atoms with van der Waals surface area (Å²) in [5, 5.41) is 0. The Kier molecular flexibility index (Phi) is 6.34. The molecule has 2 unspecified atom stereocenters. The van der Waals surface area contributed by atoms with Gasteiger partial charge in [-0.15, -0.1) is 5.73 Å². The number of Topliss-reactive ketones (excluding diaryl/α,β-unsaturated/α-hetero) is 1. The number of ketones is 1. The number of para-hydroxylation sites is 1. The summed E-state index contributed by atoms with van der Waals surface area (Å²) in [6, 6.07) is 26.1. The highest BCUT2D eigenvalue weighted by Gasteiger charge is 2.58. The van der Waals surface area contributed by atoms with Crippen LogP contribution < -0.4 is 4.74 Å². The van der Waals surface area contributed by atoms with Crippen molar-refractivity contribution in [3.05, 3.63) is 113 Å². The lowest BCUT2D eigenvalue weighted by Crippen LogP contribution is -2.50. The Balaban J connectivity index is 1.83. The van der Waals surface area contributed by atoms with Gasteiger partial charge in [0.15, 0.2) is 11.2 Å². The Morgan fingerprint density at radius 1 is 1.00 bits per heavy atom. The van der Waals surface area contributed by atoms with E-state index < -0.39 is 17.5 Å². The summed E-state index contributed by atoms with van der Waals surface area (Å²) in [5.41, 5.74) is 3.67. The maximum atomic E-state index is 13.9. The third kappa shape index (κ3) is 4.01. The summed E-state index contributed by atoms with van der Waals surface area (Å²) >= 11 is 0. The van der Waals surface area contributed by atoms with E-state index in [1.54, 1.807) is 31.2 Å². The highest BCUT2D eigenvalue weighted by atomic mass is 16.5. The van der Waals surface area contributed by atoms with Gasteiger partial charge in [0.2, 0.25) is 0 Å². The maximum absolute atomic E-state index is 13.9. The molecule has 32 heavy (non-hydrogen) atoms. The zero-order valence-electron chi connectivity index (χ0n) is 17.9. The molecule has 0 amide bonds. The molecule has 3 aromatic carbocycles. The van der Waals surface area contributed by atoms with Crippen LogP contribution >= 0.6 is 0 Å². The molecule has 4 nitrogen and oxygen atoms in total. The predicted molar refractivity (Wildman–Crippen MR) is 123 cm³/mol. The monoisotopic (exact) mass is 424 g/mol. The van der Waals surface area contributed by atoms with E-state index in [-0.39, 0.29) is 18.8 Å². The van der Waals surface area contributed by atoms with Crippen LogP contribution in [0.5, 0.6) is 5.75 Å². The minimum absolute atomic E-state index is 0.0991. The van der Waals surface area contributed by atoms with E-state index in [1.165, 1.54) is 0 Å². The highest BCUT2D eigenvalue weighted by Crippen LogP contribution is 2.49. The molecule has 4 rings (SSSR count). The Hall–Kier alpha value is -3.88. The molecule has 160 valence electrons. The first-order chi connectivity index (χ1) is 15.7. The topological polar surface area (TPSA) is 52.6 Å². The van der Waals surface area contributed by atoms with Crippen molar-refractivity contribution in [3.63, 3.8) is 0 Å². The lowest BCUT2D eigenvalue weighted by atomic mass is 9.69. The molecule has 1 aliphatic rings. The molecule has 0 spiro atoms. The van der Waals surface area contributed by atoms with Crippen LogP contribution in [-0.4, -0.2) is 18.4 Å². The number of benzene rings is 3. The van der Waals surface area contributed by atoms with E-state index in [4.69, 9.17) is 9.47 Å². The van der Waals surface area contributed by atoms with Crippen LogP contribution in [0.15, 0.2) is 96.7 Å². The average Bonchev–Trinajstić information content (AvgIpc) is 2.84.